The summed E-state index contributed by atoms with van der Waals surface area (Å²) in [7, 11) is 0. The molecule has 1 spiro atoms. The van der Waals surface area contributed by atoms with Crippen LogP contribution in [-0.2, 0) is 4.74 Å². The van der Waals surface area contributed by atoms with Crippen molar-refractivity contribution >= 4 is 0 Å². The molecule has 8 atom stereocenters. The second-order valence-corrected chi connectivity index (χ2v) is 9.97. The third-order valence-electron chi connectivity index (χ3n) is 9.31. The van der Waals surface area contributed by atoms with E-state index in [1.165, 1.54) is 51.4 Å². The van der Waals surface area contributed by atoms with Gasteiger partial charge in [-0.3, -0.25) is 0 Å². The summed E-state index contributed by atoms with van der Waals surface area (Å²) in [6.45, 7) is 6.06. The molecule has 5 unspecified atom stereocenters. The van der Waals surface area contributed by atoms with Gasteiger partial charge in [-0.2, -0.15) is 0 Å². The molecule has 4 saturated carbocycles. The van der Waals surface area contributed by atoms with E-state index >= 15 is 0 Å². The molecule has 124 valence electrons. The fourth-order valence-corrected chi connectivity index (χ4v) is 7.64. The monoisotopic (exact) mass is 304 g/mol. The molecular formula is C20H32O2. The SMILES string of the molecule is CC12CCC3(CO3)CC1CCC1[C@@H]2CC[C@]2(C)C(O)CC[C@@H]12. The summed E-state index contributed by atoms with van der Waals surface area (Å²) >= 11 is 0. The van der Waals surface area contributed by atoms with Crippen LogP contribution in [0.3, 0.4) is 0 Å². The normalized spacial score (nSPS) is 63.1. The van der Waals surface area contributed by atoms with Gasteiger partial charge in [-0.05, 0) is 92.3 Å². The zero-order chi connectivity index (χ0) is 15.2. The second-order valence-electron chi connectivity index (χ2n) is 9.97. The van der Waals surface area contributed by atoms with Crippen molar-refractivity contribution in [1.29, 1.82) is 0 Å². The minimum absolute atomic E-state index is 0.0292. The quantitative estimate of drug-likeness (QED) is 0.682. The first-order chi connectivity index (χ1) is 10.5. The zero-order valence-electron chi connectivity index (χ0n) is 14.3. The highest BCUT2D eigenvalue weighted by molar-refractivity contribution is 5.12. The predicted molar refractivity (Wildman–Crippen MR) is 86.4 cm³/mol. The van der Waals surface area contributed by atoms with Gasteiger partial charge in [0.2, 0.25) is 0 Å². The molecule has 5 aliphatic rings. The third-order valence-corrected chi connectivity index (χ3v) is 9.31. The highest BCUT2D eigenvalue weighted by Crippen LogP contribution is 2.67. The van der Waals surface area contributed by atoms with E-state index in [-0.39, 0.29) is 11.5 Å². The minimum Gasteiger partial charge on any atom is -0.393 e. The summed E-state index contributed by atoms with van der Waals surface area (Å²) in [5.41, 5.74) is 1.12. The van der Waals surface area contributed by atoms with E-state index in [2.05, 4.69) is 13.8 Å². The number of hydrogen-bond donors (Lipinski definition) is 1. The van der Waals surface area contributed by atoms with Crippen LogP contribution in [0.25, 0.3) is 0 Å². The van der Waals surface area contributed by atoms with Crippen molar-refractivity contribution in [3.63, 3.8) is 0 Å². The lowest BCUT2D eigenvalue weighted by Gasteiger charge is -2.60. The fourth-order valence-electron chi connectivity index (χ4n) is 7.64. The Morgan fingerprint density at radius 3 is 2.41 bits per heavy atom. The van der Waals surface area contributed by atoms with Gasteiger partial charge in [0.25, 0.3) is 0 Å². The lowest BCUT2D eigenvalue weighted by atomic mass is 9.44. The Labute approximate surface area is 135 Å². The lowest BCUT2D eigenvalue weighted by Crippen LogP contribution is -2.54. The number of fused-ring (bicyclic) bond motifs is 5. The van der Waals surface area contributed by atoms with Crippen molar-refractivity contribution in [1.82, 2.24) is 0 Å². The molecule has 1 N–H and O–H groups in total. The van der Waals surface area contributed by atoms with Crippen LogP contribution in [0, 0.1) is 34.5 Å². The molecule has 0 aromatic rings. The molecule has 0 amide bonds. The number of aliphatic hydroxyl groups is 1. The van der Waals surface area contributed by atoms with E-state index in [1.807, 2.05) is 0 Å². The average molecular weight is 304 g/mol. The Hall–Kier alpha value is -0.0800. The van der Waals surface area contributed by atoms with Crippen LogP contribution in [0.5, 0.6) is 0 Å². The van der Waals surface area contributed by atoms with Crippen molar-refractivity contribution in [2.75, 3.05) is 6.61 Å². The van der Waals surface area contributed by atoms with Gasteiger partial charge in [-0.15, -0.1) is 0 Å². The summed E-state index contributed by atoms with van der Waals surface area (Å²) in [6, 6.07) is 0. The van der Waals surface area contributed by atoms with Gasteiger partial charge < -0.3 is 9.84 Å². The standard InChI is InChI=1S/C20H32O2/c1-18-9-10-20(12-22-20)11-13(18)3-4-14-15-5-6-17(21)19(15,2)8-7-16(14)18/h13-17,21H,3-12H2,1-2H3/t13?,14?,15-,16-,17?,18?,19-,20?/m0/s1. The van der Waals surface area contributed by atoms with Crippen molar-refractivity contribution in [2.45, 2.75) is 83.3 Å². The fraction of sp³-hybridized carbons (Fsp3) is 1.00. The maximum absolute atomic E-state index is 10.5. The first kappa shape index (κ1) is 14.3. The molecule has 0 bridgehead atoms. The van der Waals surface area contributed by atoms with Gasteiger partial charge in [0, 0.05) is 0 Å². The largest absolute Gasteiger partial charge is 0.393 e. The van der Waals surface area contributed by atoms with Gasteiger partial charge in [0.1, 0.15) is 0 Å². The molecule has 22 heavy (non-hydrogen) atoms. The Kier molecular flexibility index (Phi) is 2.79. The maximum atomic E-state index is 10.5. The predicted octanol–water partition coefficient (Wildman–Crippen LogP) is 4.16. The smallest absolute Gasteiger partial charge is 0.0919 e. The van der Waals surface area contributed by atoms with Crippen LogP contribution in [0.2, 0.25) is 0 Å². The highest BCUT2D eigenvalue weighted by atomic mass is 16.6. The van der Waals surface area contributed by atoms with E-state index in [0.717, 1.165) is 36.7 Å². The van der Waals surface area contributed by atoms with Crippen LogP contribution in [-0.4, -0.2) is 23.4 Å². The van der Waals surface area contributed by atoms with Crippen LogP contribution in [0.1, 0.15) is 71.6 Å². The zero-order valence-corrected chi connectivity index (χ0v) is 14.3. The summed E-state index contributed by atoms with van der Waals surface area (Å²) in [4.78, 5) is 0. The Morgan fingerprint density at radius 2 is 1.64 bits per heavy atom. The number of hydrogen-bond acceptors (Lipinski definition) is 2. The molecule has 1 heterocycles. The second kappa shape index (κ2) is 4.30. The van der Waals surface area contributed by atoms with E-state index < -0.39 is 0 Å². The van der Waals surface area contributed by atoms with Crippen molar-refractivity contribution in [3.8, 4) is 0 Å². The van der Waals surface area contributed by atoms with Crippen LogP contribution in [0.4, 0.5) is 0 Å². The summed E-state index contributed by atoms with van der Waals surface area (Å²) < 4.78 is 5.83. The van der Waals surface area contributed by atoms with Crippen molar-refractivity contribution < 1.29 is 9.84 Å². The molecule has 1 saturated heterocycles. The van der Waals surface area contributed by atoms with Crippen molar-refractivity contribution in [3.05, 3.63) is 0 Å². The molecule has 5 fully saturated rings. The molecule has 0 radical (unpaired) electrons. The van der Waals surface area contributed by atoms with Crippen LogP contribution in [0.15, 0.2) is 0 Å². The molecule has 2 nitrogen and oxygen atoms in total. The van der Waals surface area contributed by atoms with E-state index in [4.69, 9.17) is 4.74 Å². The number of rotatable bonds is 0. The summed E-state index contributed by atoms with van der Waals surface area (Å²) in [6.07, 6.45) is 11.8. The van der Waals surface area contributed by atoms with Gasteiger partial charge in [0.05, 0.1) is 18.3 Å². The third kappa shape index (κ3) is 1.69. The Balaban J connectivity index is 1.44. The Bertz CT molecular complexity index is 484. The van der Waals surface area contributed by atoms with E-state index in [1.54, 1.807) is 0 Å². The van der Waals surface area contributed by atoms with Crippen LogP contribution < -0.4 is 0 Å². The first-order valence-corrected chi connectivity index (χ1v) is 9.79. The molecule has 4 aliphatic carbocycles. The molecule has 0 aromatic carbocycles. The molecule has 2 heteroatoms. The van der Waals surface area contributed by atoms with Crippen molar-refractivity contribution in [2.24, 2.45) is 34.5 Å². The van der Waals surface area contributed by atoms with Crippen LogP contribution >= 0.6 is 0 Å². The van der Waals surface area contributed by atoms with E-state index in [9.17, 15) is 5.11 Å². The Morgan fingerprint density at radius 1 is 0.864 bits per heavy atom. The van der Waals surface area contributed by atoms with Gasteiger partial charge in [0.15, 0.2) is 0 Å². The molecule has 5 rings (SSSR count). The average Bonchev–Trinajstić information content (AvgIpc) is 3.19. The molecular weight excluding hydrogens is 272 g/mol. The van der Waals surface area contributed by atoms with Gasteiger partial charge in [-0.25, -0.2) is 0 Å². The lowest BCUT2D eigenvalue weighted by molar-refractivity contribution is -0.128. The van der Waals surface area contributed by atoms with E-state index in [0.29, 0.717) is 11.0 Å². The molecule has 1 aliphatic heterocycles. The van der Waals surface area contributed by atoms with Gasteiger partial charge >= 0.3 is 0 Å². The summed E-state index contributed by atoms with van der Waals surface area (Å²) in [5.74, 6) is 3.52. The first-order valence-electron chi connectivity index (χ1n) is 9.79. The maximum Gasteiger partial charge on any atom is 0.0919 e. The number of epoxide rings is 1. The topological polar surface area (TPSA) is 32.8 Å². The number of aliphatic hydroxyl groups excluding tert-OH is 1. The summed E-state index contributed by atoms with van der Waals surface area (Å²) in [5, 5.41) is 10.5. The molecule has 0 aromatic heterocycles. The number of ether oxygens (including phenoxy) is 1. The minimum atomic E-state index is -0.0292. The van der Waals surface area contributed by atoms with Gasteiger partial charge in [-0.1, -0.05) is 13.8 Å². The highest BCUT2D eigenvalue weighted by Gasteiger charge is 2.63.